The summed E-state index contributed by atoms with van der Waals surface area (Å²) in [6, 6.07) is 10.0. The van der Waals surface area contributed by atoms with Crippen LogP contribution in [0.3, 0.4) is 0 Å². The van der Waals surface area contributed by atoms with Crippen molar-refractivity contribution >= 4 is 17.9 Å². The monoisotopic (exact) mass is 397 g/mol. The molecule has 1 aromatic carbocycles. The number of nitrogens with one attached hydrogen (secondary N) is 2. The van der Waals surface area contributed by atoms with Crippen LogP contribution in [-0.4, -0.2) is 60.6 Å². The van der Waals surface area contributed by atoms with Crippen LogP contribution in [0.25, 0.3) is 6.08 Å². The summed E-state index contributed by atoms with van der Waals surface area (Å²) in [5.41, 5.74) is 0.524. The lowest BCUT2D eigenvalue weighted by atomic mass is 9.84. The largest absolute Gasteiger partial charge is 0.381 e. The highest BCUT2D eigenvalue weighted by Gasteiger charge is 2.52. The van der Waals surface area contributed by atoms with Crippen molar-refractivity contribution in [2.45, 2.75) is 56.1 Å². The van der Waals surface area contributed by atoms with E-state index in [2.05, 4.69) is 15.5 Å². The molecule has 0 radical (unpaired) electrons. The smallest absolute Gasteiger partial charge is 0.244 e. The first-order chi connectivity index (χ1) is 14.2. The van der Waals surface area contributed by atoms with Gasteiger partial charge in [0.05, 0.1) is 0 Å². The molecule has 3 aliphatic rings. The molecule has 0 aliphatic carbocycles. The molecular formula is C23H31N3O3. The van der Waals surface area contributed by atoms with Crippen molar-refractivity contribution in [1.29, 1.82) is 0 Å². The summed E-state index contributed by atoms with van der Waals surface area (Å²) >= 11 is 0. The van der Waals surface area contributed by atoms with Crippen molar-refractivity contribution in [3.8, 4) is 0 Å². The third-order valence-corrected chi connectivity index (χ3v) is 6.45. The number of fused-ring (bicyclic) bond motifs is 1. The molecule has 29 heavy (non-hydrogen) atoms. The predicted molar refractivity (Wildman–Crippen MR) is 112 cm³/mol. The molecule has 3 saturated heterocycles. The van der Waals surface area contributed by atoms with Crippen LogP contribution in [0.2, 0.25) is 0 Å². The Bertz CT molecular complexity index is 745. The Labute approximate surface area is 172 Å². The second-order valence-corrected chi connectivity index (χ2v) is 8.45. The number of benzene rings is 1. The molecule has 4 rings (SSSR count). The third kappa shape index (κ3) is 4.70. The van der Waals surface area contributed by atoms with Crippen LogP contribution in [-0.2, 0) is 14.3 Å². The predicted octanol–water partition coefficient (Wildman–Crippen LogP) is 2.11. The summed E-state index contributed by atoms with van der Waals surface area (Å²) in [6.07, 6.45) is 8.90. The Morgan fingerprint density at radius 3 is 2.66 bits per heavy atom. The molecule has 156 valence electrons. The van der Waals surface area contributed by atoms with Gasteiger partial charge in [-0.15, -0.1) is 0 Å². The fourth-order valence-electron chi connectivity index (χ4n) is 4.92. The van der Waals surface area contributed by atoms with Gasteiger partial charge in [-0.1, -0.05) is 30.3 Å². The van der Waals surface area contributed by atoms with Gasteiger partial charge in [0.25, 0.3) is 0 Å². The SMILES string of the molecule is O=C(/C=C/c1ccccc1)N[C@@H]1CN2CCCC[C@@]2(C(=O)NC2CCOCC2)C1. The molecule has 3 heterocycles. The average molecular weight is 398 g/mol. The molecule has 0 saturated carbocycles. The Balaban J connectivity index is 1.38. The number of hydrogen-bond donors (Lipinski definition) is 2. The van der Waals surface area contributed by atoms with Crippen LogP contribution >= 0.6 is 0 Å². The van der Waals surface area contributed by atoms with Gasteiger partial charge < -0.3 is 15.4 Å². The van der Waals surface area contributed by atoms with Gasteiger partial charge >= 0.3 is 0 Å². The number of hydrogen-bond acceptors (Lipinski definition) is 4. The lowest BCUT2D eigenvalue weighted by Crippen LogP contribution is -2.59. The van der Waals surface area contributed by atoms with E-state index in [1.807, 2.05) is 36.4 Å². The Kier molecular flexibility index (Phi) is 6.31. The molecule has 0 bridgehead atoms. The third-order valence-electron chi connectivity index (χ3n) is 6.45. The molecule has 2 N–H and O–H groups in total. The highest BCUT2D eigenvalue weighted by Crippen LogP contribution is 2.38. The lowest BCUT2D eigenvalue weighted by molar-refractivity contribution is -0.135. The van der Waals surface area contributed by atoms with Crippen molar-refractivity contribution in [3.05, 3.63) is 42.0 Å². The number of amides is 2. The van der Waals surface area contributed by atoms with Gasteiger partial charge in [-0.3, -0.25) is 14.5 Å². The highest BCUT2D eigenvalue weighted by molar-refractivity contribution is 5.92. The van der Waals surface area contributed by atoms with Gasteiger partial charge in [0.1, 0.15) is 5.54 Å². The van der Waals surface area contributed by atoms with Crippen molar-refractivity contribution < 1.29 is 14.3 Å². The number of piperidine rings is 1. The van der Waals surface area contributed by atoms with Gasteiger partial charge in [0, 0.05) is 37.9 Å². The van der Waals surface area contributed by atoms with Gasteiger partial charge in [-0.25, -0.2) is 0 Å². The highest BCUT2D eigenvalue weighted by atomic mass is 16.5. The maximum atomic E-state index is 13.3. The van der Waals surface area contributed by atoms with E-state index in [0.29, 0.717) is 19.6 Å². The minimum absolute atomic E-state index is 0.00135. The minimum Gasteiger partial charge on any atom is -0.381 e. The van der Waals surface area contributed by atoms with Crippen LogP contribution < -0.4 is 10.6 Å². The van der Waals surface area contributed by atoms with Crippen LogP contribution in [0.5, 0.6) is 0 Å². The molecule has 3 fully saturated rings. The van der Waals surface area contributed by atoms with E-state index >= 15 is 0 Å². The van der Waals surface area contributed by atoms with E-state index in [-0.39, 0.29) is 23.9 Å². The molecule has 6 heteroatoms. The lowest BCUT2D eigenvalue weighted by Gasteiger charge is -2.41. The zero-order valence-corrected chi connectivity index (χ0v) is 16.9. The van der Waals surface area contributed by atoms with E-state index in [0.717, 1.165) is 50.8 Å². The molecule has 1 aromatic rings. The zero-order valence-electron chi connectivity index (χ0n) is 16.9. The normalized spacial score (nSPS) is 28.2. The number of nitrogens with zero attached hydrogens (tertiary/aromatic N) is 1. The summed E-state index contributed by atoms with van der Waals surface area (Å²) in [5.74, 6) is 0.0411. The first kappa shape index (κ1) is 20.1. The maximum Gasteiger partial charge on any atom is 0.244 e. The molecule has 2 amide bonds. The standard InChI is InChI=1S/C23H31N3O3/c27-21(9-8-18-6-2-1-3-7-18)24-20-16-23(12-4-5-13-26(23)17-20)22(28)25-19-10-14-29-15-11-19/h1-3,6-9,19-20H,4-5,10-17H2,(H,24,27)(H,25,28)/b9-8+/t20-,23-/m0/s1. The Hall–Kier alpha value is -2.18. The van der Waals surface area contributed by atoms with E-state index in [1.165, 1.54) is 0 Å². The first-order valence-corrected chi connectivity index (χ1v) is 10.8. The Morgan fingerprint density at radius 1 is 1.07 bits per heavy atom. The van der Waals surface area contributed by atoms with Crippen LogP contribution in [0, 0.1) is 0 Å². The second-order valence-electron chi connectivity index (χ2n) is 8.45. The molecule has 0 aromatic heterocycles. The summed E-state index contributed by atoms with van der Waals surface area (Å²) in [7, 11) is 0. The van der Waals surface area contributed by atoms with Crippen LogP contribution in [0.15, 0.2) is 36.4 Å². The van der Waals surface area contributed by atoms with Crippen molar-refractivity contribution in [2.75, 3.05) is 26.3 Å². The second kappa shape index (κ2) is 9.09. The summed E-state index contributed by atoms with van der Waals surface area (Å²) in [4.78, 5) is 28.0. The maximum absolute atomic E-state index is 13.3. The molecule has 3 aliphatic heterocycles. The van der Waals surface area contributed by atoms with Crippen molar-refractivity contribution in [2.24, 2.45) is 0 Å². The number of rotatable bonds is 5. The fraction of sp³-hybridized carbons (Fsp3) is 0.565. The molecule has 0 spiro atoms. The number of ether oxygens (including phenoxy) is 1. The van der Waals surface area contributed by atoms with Crippen LogP contribution in [0.1, 0.15) is 44.1 Å². The van der Waals surface area contributed by atoms with E-state index in [4.69, 9.17) is 4.74 Å². The zero-order chi connectivity index (χ0) is 20.1. The summed E-state index contributed by atoms with van der Waals surface area (Å²) in [5, 5.41) is 6.41. The van der Waals surface area contributed by atoms with E-state index in [9.17, 15) is 9.59 Å². The fourth-order valence-corrected chi connectivity index (χ4v) is 4.92. The van der Waals surface area contributed by atoms with Crippen molar-refractivity contribution in [1.82, 2.24) is 15.5 Å². The number of carbonyl (C=O) groups excluding carboxylic acids is 2. The van der Waals surface area contributed by atoms with Gasteiger partial charge in [-0.2, -0.15) is 0 Å². The van der Waals surface area contributed by atoms with Gasteiger partial charge in [0.15, 0.2) is 0 Å². The van der Waals surface area contributed by atoms with E-state index in [1.54, 1.807) is 6.08 Å². The summed E-state index contributed by atoms with van der Waals surface area (Å²) < 4.78 is 5.41. The molecule has 2 atom stereocenters. The topological polar surface area (TPSA) is 70.7 Å². The van der Waals surface area contributed by atoms with Crippen LogP contribution in [0.4, 0.5) is 0 Å². The minimum atomic E-state index is -0.475. The molecule has 0 unspecified atom stereocenters. The average Bonchev–Trinajstić information content (AvgIpc) is 3.13. The van der Waals surface area contributed by atoms with E-state index < -0.39 is 5.54 Å². The molecular weight excluding hydrogens is 366 g/mol. The van der Waals surface area contributed by atoms with Gasteiger partial charge in [-0.05, 0) is 56.7 Å². The quantitative estimate of drug-likeness (QED) is 0.747. The molecule has 6 nitrogen and oxygen atoms in total. The first-order valence-electron chi connectivity index (χ1n) is 10.8. The van der Waals surface area contributed by atoms with Gasteiger partial charge in [0.2, 0.25) is 11.8 Å². The van der Waals surface area contributed by atoms with Crippen molar-refractivity contribution in [3.63, 3.8) is 0 Å². The summed E-state index contributed by atoms with van der Waals surface area (Å²) in [6.45, 7) is 3.10. The Morgan fingerprint density at radius 2 is 1.86 bits per heavy atom. The number of carbonyl (C=O) groups is 2.